The van der Waals surface area contributed by atoms with Gasteiger partial charge >= 0.3 is 5.69 Å². The highest BCUT2D eigenvalue weighted by atomic mass is 32.1. The highest BCUT2D eigenvalue weighted by molar-refractivity contribution is 7.18. The van der Waals surface area contributed by atoms with E-state index in [1.807, 2.05) is 55.5 Å². The average molecular weight is 395 g/mol. The predicted octanol–water partition coefficient (Wildman–Crippen LogP) is 3.56. The third kappa shape index (κ3) is 3.11. The minimum atomic E-state index is -0.117. The van der Waals surface area contributed by atoms with Crippen molar-refractivity contribution in [2.75, 3.05) is 7.05 Å². The maximum absolute atomic E-state index is 12.8. The first-order chi connectivity index (χ1) is 13.5. The van der Waals surface area contributed by atoms with Gasteiger partial charge in [0.1, 0.15) is 5.01 Å². The smallest absolute Gasteiger partial charge is 0.328 e. The molecule has 0 spiro atoms. The summed E-state index contributed by atoms with van der Waals surface area (Å²) in [5.74, 6) is -0.00779. The van der Waals surface area contributed by atoms with Crippen molar-refractivity contribution in [1.82, 2.24) is 19.0 Å². The molecule has 0 radical (unpaired) electrons. The molecule has 28 heavy (non-hydrogen) atoms. The molecule has 1 amide bonds. The molecule has 2 aromatic carbocycles. The number of carbonyl (C=O) groups is 1. The van der Waals surface area contributed by atoms with E-state index in [9.17, 15) is 9.59 Å². The Morgan fingerprint density at radius 2 is 1.82 bits per heavy atom. The molecule has 2 aromatic heterocycles. The van der Waals surface area contributed by atoms with Crippen LogP contribution in [0.5, 0.6) is 0 Å². The van der Waals surface area contributed by atoms with Crippen molar-refractivity contribution < 1.29 is 4.79 Å². The molecule has 6 nitrogen and oxygen atoms in total. The highest BCUT2D eigenvalue weighted by Gasteiger charge is 2.21. The molecule has 144 valence electrons. The molecular weight excluding hydrogens is 372 g/mol. The number of amides is 1. The first-order valence-electron chi connectivity index (χ1n) is 9.22. The summed E-state index contributed by atoms with van der Waals surface area (Å²) in [6.07, 6.45) is 0.264. The van der Waals surface area contributed by atoms with Crippen molar-refractivity contribution in [1.29, 1.82) is 0 Å². The molecule has 0 saturated carbocycles. The van der Waals surface area contributed by atoms with Gasteiger partial charge in [-0.05, 0) is 31.2 Å². The summed E-state index contributed by atoms with van der Waals surface area (Å²) in [5.41, 5.74) is 2.58. The molecule has 4 aromatic rings. The fourth-order valence-electron chi connectivity index (χ4n) is 3.41. The van der Waals surface area contributed by atoms with Crippen molar-refractivity contribution >= 4 is 38.5 Å². The molecule has 0 saturated heterocycles. The molecule has 7 heteroatoms. The summed E-state index contributed by atoms with van der Waals surface area (Å²) in [6.45, 7) is 2.34. The van der Waals surface area contributed by atoms with E-state index in [1.54, 1.807) is 39.5 Å². The van der Waals surface area contributed by atoms with Crippen LogP contribution in [0.25, 0.3) is 21.3 Å². The second-order valence-corrected chi connectivity index (χ2v) is 7.99. The maximum Gasteiger partial charge on any atom is 0.328 e. The van der Waals surface area contributed by atoms with Crippen LogP contribution in [-0.2, 0) is 18.4 Å². The maximum atomic E-state index is 12.8. The summed E-state index contributed by atoms with van der Waals surface area (Å²) in [7, 11) is 3.55. The van der Waals surface area contributed by atoms with E-state index < -0.39 is 0 Å². The van der Waals surface area contributed by atoms with Gasteiger partial charge in [0.05, 0.1) is 27.3 Å². The van der Waals surface area contributed by atoms with Crippen LogP contribution >= 0.6 is 11.3 Å². The Morgan fingerprint density at radius 1 is 1.14 bits per heavy atom. The molecule has 1 unspecified atom stereocenters. The van der Waals surface area contributed by atoms with Gasteiger partial charge in [0.25, 0.3) is 0 Å². The standard InChI is InChI=1S/C21H22N4O2S/c1-14(20-22-15-8-4-7-11-18(15)28-20)23(2)19(26)12-13-25-17-10-6-5-9-16(17)24(3)21(25)27/h4-11,14H,12-13H2,1-3H3. The number of imidazole rings is 1. The number of nitrogens with zero attached hydrogens (tertiary/aromatic N) is 4. The summed E-state index contributed by atoms with van der Waals surface area (Å²) in [4.78, 5) is 31.7. The van der Waals surface area contributed by atoms with Crippen molar-refractivity contribution in [2.45, 2.75) is 25.9 Å². The van der Waals surface area contributed by atoms with E-state index >= 15 is 0 Å². The molecule has 2 heterocycles. The number of rotatable bonds is 5. The minimum Gasteiger partial charge on any atom is -0.337 e. The predicted molar refractivity (Wildman–Crippen MR) is 113 cm³/mol. The van der Waals surface area contributed by atoms with Gasteiger partial charge < -0.3 is 4.90 Å². The number of benzene rings is 2. The van der Waals surface area contributed by atoms with Gasteiger partial charge in [-0.1, -0.05) is 24.3 Å². The van der Waals surface area contributed by atoms with Gasteiger partial charge in [0.2, 0.25) is 5.91 Å². The Bertz CT molecular complexity index is 1190. The number of hydrogen-bond acceptors (Lipinski definition) is 4. The summed E-state index contributed by atoms with van der Waals surface area (Å²) >= 11 is 1.61. The third-order valence-corrected chi connectivity index (χ3v) is 6.45. The van der Waals surface area contributed by atoms with Gasteiger partial charge in [-0.3, -0.25) is 13.9 Å². The summed E-state index contributed by atoms with van der Waals surface area (Å²) in [6, 6.07) is 15.5. The lowest BCUT2D eigenvalue weighted by molar-refractivity contribution is -0.132. The fourth-order valence-corrected chi connectivity index (χ4v) is 4.48. The summed E-state index contributed by atoms with van der Waals surface area (Å²) < 4.78 is 4.41. The van der Waals surface area contributed by atoms with Crippen molar-refractivity contribution in [2.24, 2.45) is 7.05 Å². The Balaban J connectivity index is 1.51. The van der Waals surface area contributed by atoms with E-state index in [2.05, 4.69) is 4.98 Å². The second kappa shape index (κ2) is 7.24. The average Bonchev–Trinajstić information content (AvgIpc) is 3.25. The summed E-state index contributed by atoms with van der Waals surface area (Å²) in [5, 5.41) is 0.916. The molecule has 0 N–H and O–H groups in total. The van der Waals surface area contributed by atoms with Crippen LogP contribution in [0, 0.1) is 0 Å². The number of thiazole rings is 1. The lowest BCUT2D eigenvalue weighted by Gasteiger charge is -2.23. The topological polar surface area (TPSA) is 60.1 Å². The first-order valence-corrected chi connectivity index (χ1v) is 10.0. The van der Waals surface area contributed by atoms with Gasteiger partial charge in [-0.25, -0.2) is 9.78 Å². The normalized spacial score (nSPS) is 12.5. The molecule has 0 aliphatic rings. The monoisotopic (exact) mass is 394 g/mol. The van der Waals surface area contributed by atoms with Gasteiger partial charge in [-0.2, -0.15) is 0 Å². The van der Waals surface area contributed by atoms with Crippen LogP contribution in [0.4, 0.5) is 0 Å². The van der Waals surface area contributed by atoms with Crippen molar-refractivity contribution in [3.05, 3.63) is 64.0 Å². The zero-order chi connectivity index (χ0) is 19.8. The quantitative estimate of drug-likeness (QED) is 0.520. The lowest BCUT2D eigenvalue weighted by Crippen LogP contribution is -2.31. The van der Waals surface area contributed by atoms with E-state index in [0.29, 0.717) is 6.54 Å². The lowest BCUT2D eigenvalue weighted by atomic mass is 10.2. The molecule has 0 aliphatic heterocycles. The van der Waals surface area contributed by atoms with E-state index in [1.165, 1.54) is 0 Å². The number of fused-ring (bicyclic) bond motifs is 2. The van der Waals surface area contributed by atoms with E-state index in [0.717, 1.165) is 26.3 Å². The van der Waals surface area contributed by atoms with Crippen molar-refractivity contribution in [3.8, 4) is 0 Å². The Kier molecular flexibility index (Phi) is 4.77. The number of aryl methyl sites for hydroxylation is 2. The SMILES string of the molecule is CC(c1nc2ccccc2s1)N(C)C(=O)CCn1c(=O)n(C)c2ccccc21. The molecular formula is C21H22N4O2S. The molecule has 1 atom stereocenters. The van der Waals surface area contributed by atoms with Gasteiger partial charge in [-0.15, -0.1) is 11.3 Å². The number of hydrogen-bond donors (Lipinski definition) is 0. The van der Waals surface area contributed by atoms with Crippen LogP contribution in [0.2, 0.25) is 0 Å². The zero-order valence-corrected chi connectivity index (χ0v) is 16.9. The van der Waals surface area contributed by atoms with E-state index in [4.69, 9.17) is 0 Å². The molecule has 0 aliphatic carbocycles. The van der Waals surface area contributed by atoms with Crippen LogP contribution in [-0.4, -0.2) is 32.0 Å². The molecule has 0 fully saturated rings. The van der Waals surface area contributed by atoms with Crippen LogP contribution < -0.4 is 5.69 Å². The number of aromatic nitrogens is 3. The van der Waals surface area contributed by atoms with E-state index in [-0.39, 0.29) is 24.1 Å². The van der Waals surface area contributed by atoms with Crippen LogP contribution in [0.15, 0.2) is 53.3 Å². The third-order valence-electron chi connectivity index (χ3n) is 5.24. The number of para-hydroxylation sites is 3. The Labute approximate surface area is 166 Å². The second-order valence-electron chi connectivity index (χ2n) is 6.93. The van der Waals surface area contributed by atoms with Gasteiger partial charge in [0, 0.05) is 27.1 Å². The molecule has 4 rings (SSSR count). The molecule has 0 bridgehead atoms. The number of carbonyl (C=O) groups excluding carboxylic acids is 1. The first kappa shape index (κ1) is 18.4. The fraction of sp³-hybridized carbons (Fsp3) is 0.286. The minimum absolute atomic E-state index is 0.00779. The zero-order valence-electron chi connectivity index (χ0n) is 16.1. The van der Waals surface area contributed by atoms with Crippen LogP contribution in [0.1, 0.15) is 24.4 Å². The van der Waals surface area contributed by atoms with Gasteiger partial charge in [0.15, 0.2) is 0 Å². The Hall–Kier alpha value is -2.93. The largest absolute Gasteiger partial charge is 0.337 e. The van der Waals surface area contributed by atoms with Crippen LogP contribution in [0.3, 0.4) is 0 Å². The Morgan fingerprint density at radius 3 is 2.57 bits per heavy atom. The highest BCUT2D eigenvalue weighted by Crippen LogP contribution is 2.29. The van der Waals surface area contributed by atoms with Crippen molar-refractivity contribution in [3.63, 3.8) is 0 Å².